The number of likely N-dealkylation sites (tertiary alicyclic amines) is 1. The second-order valence-corrected chi connectivity index (χ2v) is 6.72. The fourth-order valence-electron chi connectivity index (χ4n) is 2.77. The molecule has 0 saturated carbocycles. The van der Waals surface area contributed by atoms with Crippen LogP contribution in [0.25, 0.3) is 0 Å². The molecule has 0 aromatic heterocycles. The van der Waals surface area contributed by atoms with Crippen LogP contribution in [0, 0.1) is 5.82 Å². The minimum atomic E-state index is -0.201. The molecule has 1 fully saturated rings. The first-order valence-corrected chi connectivity index (χ1v) is 9.01. The van der Waals surface area contributed by atoms with Gasteiger partial charge in [-0.1, -0.05) is 22.9 Å². The average molecular weight is 527 g/mol. The number of amides is 1. The molecule has 1 aromatic rings. The van der Waals surface area contributed by atoms with Crippen molar-refractivity contribution >= 4 is 51.8 Å². The molecule has 25 heavy (non-hydrogen) atoms. The molecule has 0 radical (unpaired) electrons. The zero-order valence-electron chi connectivity index (χ0n) is 14.5. The normalized spacial score (nSPS) is 17.2. The zero-order chi connectivity index (χ0) is 17.5. The van der Waals surface area contributed by atoms with Crippen LogP contribution in [0.15, 0.2) is 27.7 Å². The molecule has 1 heterocycles. The van der Waals surface area contributed by atoms with Crippen molar-refractivity contribution in [1.82, 2.24) is 15.5 Å². The molecule has 0 aliphatic carbocycles. The van der Waals surface area contributed by atoms with Gasteiger partial charge in [-0.05, 0) is 36.6 Å². The van der Waals surface area contributed by atoms with Crippen LogP contribution in [0.5, 0.6) is 0 Å². The number of aliphatic imine (C=N–C) groups is 1. The van der Waals surface area contributed by atoms with E-state index in [-0.39, 0.29) is 41.7 Å². The van der Waals surface area contributed by atoms with E-state index in [1.165, 1.54) is 6.07 Å². The van der Waals surface area contributed by atoms with Crippen molar-refractivity contribution in [3.63, 3.8) is 0 Å². The summed E-state index contributed by atoms with van der Waals surface area (Å²) in [5.74, 6) is 0.668. The van der Waals surface area contributed by atoms with E-state index in [0.29, 0.717) is 37.5 Å². The molecule has 140 valence electrons. The van der Waals surface area contributed by atoms with Gasteiger partial charge in [-0.3, -0.25) is 9.79 Å². The standard InChI is InChI=1S/C17H24BrFN4O.HI/c1-3-16(24)23-9-7-14(11-23)22-17(20-2)21-8-6-12-10-13(18)4-5-15(12)19;/h4-5,10,14H,3,6-9,11H2,1-2H3,(H2,20,21,22);1H. The Labute approximate surface area is 174 Å². The molecule has 1 atom stereocenters. The minimum absolute atomic E-state index is 0. The van der Waals surface area contributed by atoms with E-state index in [2.05, 4.69) is 31.6 Å². The van der Waals surface area contributed by atoms with Gasteiger partial charge in [0, 0.05) is 43.6 Å². The van der Waals surface area contributed by atoms with Gasteiger partial charge in [0.1, 0.15) is 5.82 Å². The SMILES string of the molecule is CCC(=O)N1CCC(NC(=NC)NCCc2cc(Br)ccc2F)C1.I. The van der Waals surface area contributed by atoms with Crippen molar-refractivity contribution in [2.24, 2.45) is 4.99 Å². The number of carbonyl (C=O) groups excluding carboxylic acids is 1. The Morgan fingerprint density at radius 3 is 2.92 bits per heavy atom. The lowest BCUT2D eigenvalue weighted by molar-refractivity contribution is -0.129. The van der Waals surface area contributed by atoms with E-state index in [1.807, 2.05) is 11.8 Å². The molecule has 1 aromatic carbocycles. The summed E-state index contributed by atoms with van der Waals surface area (Å²) in [6.07, 6.45) is 2.02. The van der Waals surface area contributed by atoms with Gasteiger partial charge < -0.3 is 15.5 Å². The van der Waals surface area contributed by atoms with Gasteiger partial charge in [0.2, 0.25) is 5.91 Å². The third kappa shape index (κ3) is 6.73. The summed E-state index contributed by atoms with van der Waals surface area (Å²) in [6.45, 7) is 3.94. The summed E-state index contributed by atoms with van der Waals surface area (Å²) < 4.78 is 14.6. The molecule has 1 saturated heterocycles. The van der Waals surface area contributed by atoms with Crippen LogP contribution in [0.1, 0.15) is 25.3 Å². The van der Waals surface area contributed by atoms with E-state index < -0.39 is 0 Å². The molecule has 0 spiro atoms. The van der Waals surface area contributed by atoms with E-state index in [9.17, 15) is 9.18 Å². The molecule has 0 bridgehead atoms. The summed E-state index contributed by atoms with van der Waals surface area (Å²) in [5, 5.41) is 6.53. The molecule has 2 rings (SSSR count). The second kappa shape index (κ2) is 10.9. The van der Waals surface area contributed by atoms with Crippen LogP contribution >= 0.6 is 39.9 Å². The number of nitrogens with zero attached hydrogens (tertiary/aromatic N) is 2. The maximum atomic E-state index is 13.7. The van der Waals surface area contributed by atoms with Crippen LogP contribution in [-0.4, -0.2) is 49.5 Å². The Balaban J connectivity index is 0.00000312. The van der Waals surface area contributed by atoms with Crippen molar-refractivity contribution in [1.29, 1.82) is 0 Å². The number of halogens is 3. The highest BCUT2D eigenvalue weighted by Gasteiger charge is 2.25. The highest BCUT2D eigenvalue weighted by molar-refractivity contribution is 14.0. The van der Waals surface area contributed by atoms with E-state index in [1.54, 1.807) is 19.2 Å². The predicted molar refractivity (Wildman–Crippen MR) is 113 cm³/mol. The molecule has 1 unspecified atom stereocenters. The number of hydrogen-bond donors (Lipinski definition) is 2. The lowest BCUT2D eigenvalue weighted by Crippen LogP contribution is -2.45. The summed E-state index contributed by atoms with van der Waals surface area (Å²) >= 11 is 3.36. The van der Waals surface area contributed by atoms with Crippen LogP contribution in [-0.2, 0) is 11.2 Å². The predicted octanol–water partition coefficient (Wildman–Crippen LogP) is 2.92. The largest absolute Gasteiger partial charge is 0.356 e. The van der Waals surface area contributed by atoms with Gasteiger partial charge in [-0.25, -0.2) is 4.39 Å². The maximum Gasteiger partial charge on any atom is 0.222 e. The molecular weight excluding hydrogens is 502 g/mol. The monoisotopic (exact) mass is 526 g/mol. The van der Waals surface area contributed by atoms with Crippen molar-refractivity contribution in [3.8, 4) is 0 Å². The number of carbonyl (C=O) groups is 1. The summed E-state index contributed by atoms with van der Waals surface area (Å²) in [5.41, 5.74) is 0.660. The van der Waals surface area contributed by atoms with E-state index in [0.717, 1.165) is 17.4 Å². The zero-order valence-corrected chi connectivity index (χ0v) is 18.4. The number of benzene rings is 1. The fourth-order valence-corrected chi connectivity index (χ4v) is 3.18. The first-order chi connectivity index (χ1) is 11.5. The third-order valence-electron chi connectivity index (χ3n) is 4.10. The quantitative estimate of drug-likeness (QED) is 0.352. The smallest absolute Gasteiger partial charge is 0.222 e. The highest BCUT2D eigenvalue weighted by Crippen LogP contribution is 2.15. The van der Waals surface area contributed by atoms with Gasteiger partial charge in [0.05, 0.1) is 0 Å². The van der Waals surface area contributed by atoms with E-state index >= 15 is 0 Å². The molecule has 5 nitrogen and oxygen atoms in total. The summed E-state index contributed by atoms with van der Waals surface area (Å²) in [7, 11) is 1.71. The Morgan fingerprint density at radius 1 is 1.48 bits per heavy atom. The Bertz CT molecular complexity index is 614. The van der Waals surface area contributed by atoms with Crippen molar-refractivity contribution < 1.29 is 9.18 Å². The second-order valence-electron chi connectivity index (χ2n) is 5.81. The van der Waals surface area contributed by atoms with Gasteiger partial charge in [0.15, 0.2) is 5.96 Å². The Morgan fingerprint density at radius 2 is 2.24 bits per heavy atom. The van der Waals surface area contributed by atoms with Crippen LogP contribution in [0.3, 0.4) is 0 Å². The lowest BCUT2D eigenvalue weighted by Gasteiger charge is -2.18. The molecule has 1 aliphatic heterocycles. The van der Waals surface area contributed by atoms with Gasteiger partial charge in [-0.15, -0.1) is 24.0 Å². The van der Waals surface area contributed by atoms with Crippen molar-refractivity contribution in [2.75, 3.05) is 26.7 Å². The van der Waals surface area contributed by atoms with E-state index in [4.69, 9.17) is 0 Å². The maximum absolute atomic E-state index is 13.7. The topological polar surface area (TPSA) is 56.7 Å². The van der Waals surface area contributed by atoms with Crippen LogP contribution < -0.4 is 10.6 Å². The van der Waals surface area contributed by atoms with Gasteiger partial charge >= 0.3 is 0 Å². The number of nitrogens with one attached hydrogen (secondary N) is 2. The minimum Gasteiger partial charge on any atom is -0.356 e. The summed E-state index contributed by atoms with van der Waals surface area (Å²) in [6, 6.07) is 5.15. The van der Waals surface area contributed by atoms with Gasteiger partial charge in [0.25, 0.3) is 0 Å². The number of rotatable bonds is 5. The first kappa shape index (κ1) is 22.1. The van der Waals surface area contributed by atoms with Crippen LogP contribution in [0.2, 0.25) is 0 Å². The average Bonchev–Trinajstić information content (AvgIpc) is 3.04. The summed E-state index contributed by atoms with van der Waals surface area (Å²) in [4.78, 5) is 17.8. The third-order valence-corrected chi connectivity index (χ3v) is 4.60. The Hall–Kier alpha value is -0.900. The van der Waals surface area contributed by atoms with Crippen LogP contribution in [0.4, 0.5) is 4.39 Å². The van der Waals surface area contributed by atoms with Crippen molar-refractivity contribution in [2.45, 2.75) is 32.2 Å². The lowest BCUT2D eigenvalue weighted by atomic mass is 10.1. The molecule has 1 aliphatic rings. The molecule has 1 amide bonds. The fraction of sp³-hybridized carbons (Fsp3) is 0.529. The number of guanidine groups is 1. The number of hydrogen-bond acceptors (Lipinski definition) is 2. The van der Waals surface area contributed by atoms with Gasteiger partial charge in [-0.2, -0.15) is 0 Å². The first-order valence-electron chi connectivity index (χ1n) is 8.22. The molecular formula is C17H25BrFIN4O. The highest BCUT2D eigenvalue weighted by atomic mass is 127. The molecule has 2 N–H and O–H groups in total. The van der Waals surface area contributed by atoms with Crippen molar-refractivity contribution in [3.05, 3.63) is 34.1 Å². The molecule has 8 heteroatoms. The Kier molecular flexibility index (Phi) is 9.70.